The summed E-state index contributed by atoms with van der Waals surface area (Å²) in [7, 11) is 0. The number of nitrogens with two attached hydrogens (primary N) is 6. The van der Waals surface area contributed by atoms with Crippen molar-refractivity contribution < 1.29 is 116 Å². The fraction of sp³-hybridized carbons (Fsp3) is 0. The van der Waals surface area contributed by atoms with Gasteiger partial charge in [-0.2, -0.15) is 0 Å². The summed E-state index contributed by atoms with van der Waals surface area (Å²) < 4.78 is 0. The predicted octanol–water partition coefficient (Wildman–Crippen LogP) is -2.07. The van der Waals surface area contributed by atoms with Crippen LogP contribution in [0.5, 0.6) is 0 Å². The molecule has 0 saturated heterocycles. The van der Waals surface area contributed by atoms with Crippen LogP contribution in [0.3, 0.4) is 0 Å². The summed E-state index contributed by atoms with van der Waals surface area (Å²) in [5.41, 5.74) is 0. The fourth-order valence-corrected chi connectivity index (χ4v) is 0. The van der Waals surface area contributed by atoms with E-state index in [9.17, 15) is 0 Å². The molecule has 0 aliphatic rings. The van der Waals surface area contributed by atoms with Crippen LogP contribution in [-0.4, -0.2) is 23.9 Å². The van der Waals surface area contributed by atoms with Gasteiger partial charge in [-0.3, -0.25) is 0 Å². The molecule has 0 bridgehead atoms. The summed E-state index contributed by atoms with van der Waals surface area (Å²) in [5, 5.41) is 0. The Hall–Kier alpha value is 4.17. The van der Waals surface area contributed by atoms with Crippen LogP contribution in [0.1, 0.15) is 0 Å². The standard InChI is InChI=1S/6H2N.2Rb.Sn/h6*1H2;;;/q6*-1;2*+1;+4. The molecule has 9 heavy (non-hydrogen) atoms. The van der Waals surface area contributed by atoms with Gasteiger partial charge in [0.25, 0.3) is 0 Å². The Labute approximate surface area is 172 Å². The van der Waals surface area contributed by atoms with Crippen molar-refractivity contribution in [1.29, 1.82) is 0 Å². The molecule has 9 heteroatoms. The molecule has 0 amide bonds. The summed E-state index contributed by atoms with van der Waals surface area (Å²) in [4.78, 5) is 0. The third-order valence-corrected chi connectivity index (χ3v) is 0. The first-order valence-electron chi connectivity index (χ1n) is 0. The largest absolute Gasteiger partial charge is 4.00 e. The van der Waals surface area contributed by atoms with E-state index in [0.29, 0.717) is 0 Å². The van der Waals surface area contributed by atoms with Crippen LogP contribution >= 0.6 is 0 Å². The Kier molecular flexibility index (Phi) is 1090. The van der Waals surface area contributed by atoms with E-state index < -0.39 is 0 Å². The van der Waals surface area contributed by atoms with E-state index in [4.69, 9.17) is 0 Å². The van der Waals surface area contributed by atoms with Crippen molar-refractivity contribution in [3.63, 3.8) is 0 Å². The molecule has 0 heterocycles. The molecule has 0 fully saturated rings. The average Bonchev–Trinajstić information content (AvgIpc) is 0. The van der Waals surface area contributed by atoms with E-state index in [0.717, 1.165) is 0 Å². The predicted molar refractivity (Wildman–Crippen MR) is 37.5 cm³/mol. The second-order valence-corrected chi connectivity index (χ2v) is 0. The minimum absolute atomic E-state index is 0. The quantitative estimate of drug-likeness (QED) is 0.412. The van der Waals surface area contributed by atoms with E-state index in [-0.39, 0.29) is 177 Å². The second-order valence-electron chi connectivity index (χ2n) is 0. The second kappa shape index (κ2) is 87.3. The van der Waals surface area contributed by atoms with Crippen molar-refractivity contribution in [1.82, 2.24) is 0 Å². The molecule has 0 aromatic rings. The molecule has 0 aliphatic heterocycles. The Balaban J connectivity index is 0. The van der Waals surface area contributed by atoms with Gasteiger partial charge in [0.1, 0.15) is 0 Å². The molecule has 0 atom stereocenters. The van der Waals surface area contributed by atoms with Crippen LogP contribution in [0.4, 0.5) is 0 Å². The number of hydrogen-bond donors (Lipinski definition) is 0. The Bertz CT molecular complexity index is 11.0. The van der Waals surface area contributed by atoms with Crippen LogP contribution in [0, 0.1) is 0 Å². The average molecular weight is 386 g/mol. The summed E-state index contributed by atoms with van der Waals surface area (Å²) in [6, 6.07) is 0. The Morgan fingerprint density at radius 3 is 0.333 bits per heavy atom. The van der Waals surface area contributed by atoms with Crippen molar-refractivity contribution >= 4 is 23.9 Å². The SMILES string of the molecule is [NH2-].[NH2-].[NH2-].[NH2-].[NH2-].[NH2-].[Rb+].[Rb+].[Sn+4]. The van der Waals surface area contributed by atoms with Gasteiger partial charge in [0.2, 0.25) is 0 Å². The zero-order valence-corrected chi connectivity index (χ0v) is 18.7. The molecule has 0 radical (unpaired) electrons. The van der Waals surface area contributed by atoms with Crippen LogP contribution in [0.15, 0.2) is 0 Å². The number of hydrogen-bond acceptors (Lipinski definition) is 0. The maximum Gasteiger partial charge on any atom is 4.00 e. The smallest absolute Gasteiger partial charge is 0.693 e. The van der Waals surface area contributed by atoms with Crippen LogP contribution in [0.25, 0.3) is 36.9 Å². The normalized spacial score (nSPS) is 0. The molecule has 0 aliphatic carbocycles. The van der Waals surface area contributed by atoms with Crippen molar-refractivity contribution in [2.24, 2.45) is 0 Å². The summed E-state index contributed by atoms with van der Waals surface area (Å²) in [6.45, 7) is 0. The van der Waals surface area contributed by atoms with Gasteiger partial charge in [0, 0.05) is 0 Å². The first-order valence-corrected chi connectivity index (χ1v) is 0. The molecule has 0 rings (SSSR count). The molecule has 12 N–H and O–H groups in total. The van der Waals surface area contributed by atoms with E-state index in [2.05, 4.69) is 0 Å². The van der Waals surface area contributed by atoms with E-state index in [1.165, 1.54) is 0 Å². The van der Waals surface area contributed by atoms with Crippen LogP contribution < -0.4 is 116 Å². The van der Waals surface area contributed by atoms with Gasteiger partial charge in [-0.05, 0) is 0 Å². The molecular formula is H12N6Rb2Sn. The maximum atomic E-state index is 0. The van der Waals surface area contributed by atoms with Crippen molar-refractivity contribution in [3.05, 3.63) is 36.9 Å². The summed E-state index contributed by atoms with van der Waals surface area (Å²) >= 11 is 0. The Morgan fingerprint density at radius 1 is 0.333 bits per heavy atom. The van der Waals surface area contributed by atoms with Gasteiger partial charge < -0.3 is 36.9 Å². The monoisotopic (exact) mass is 386 g/mol. The van der Waals surface area contributed by atoms with E-state index >= 15 is 0 Å². The molecule has 0 aromatic heterocycles. The third kappa shape index (κ3) is 72.4. The first kappa shape index (κ1) is 112. The molecule has 0 saturated carbocycles. The fourth-order valence-electron chi connectivity index (χ4n) is 0. The Morgan fingerprint density at radius 2 is 0.333 bits per heavy atom. The zero-order valence-electron chi connectivity index (χ0n) is 5.96. The van der Waals surface area contributed by atoms with Crippen LogP contribution in [0.2, 0.25) is 0 Å². The van der Waals surface area contributed by atoms with Crippen molar-refractivity contribution in [2.75, 3.05) is 0 Å². The van der Waals surface area contributed by atoms with Gasteiger partial charge >= 0.3 is 140 Å². The van der Waals surface area contributed by atoms with Gasteiger partial charge in [0.15, 0.2) is 0 Å². The molecule has 0 unspecified atom stereocenters. The van der Waals surface area contributed by atoms with E-state index in [1.807, 2.05) is 0 Å². The molecule has 48 valence electrons. The van der Waals surface area contributed by atoms with E-state index in [1.54, 1.807) is 0 Å². The number of rotatable bonds is 0. The van der Waals surface area contributed by atoms with Gasteiger partial charge in [-0.1, -0.05) is 0 Å². The van der Waals surface area contributed by atoms with Crippen molar-refractivity contribution in [2.45, 2.75) is 0 Å². The minimum atomic E-state index is 0. The van der Waals surface area contributed by atoms with Gasteiger partial charge in [-0.25, -0.2) is 0 Å². The first-order chi connectivity index (χ1) is 0. The molecular weight excluding hydrogens is 374 g/mol. The maximum absolute atomic E-state index is 0. The van der Waals surface area contributed by atoms with Crippen molar-refractivity contribution in [3.8, 4) is 0 Å². The topological polar surface area (TPSA) is 201 Å². The van der Waals surface area contributed by atoms with Gasteiger partial charge in [0.05, 0.1) is 0 Å². The van der Waals surface area contributed by atoms with Crippen LogP contribution in [-0.2, 0) is 0 Å². The summed E-state index contributed by atoms with van der Waals surface area (Å²) in [5.74, 6) is 0. The third-order valence-electron chi connectivity index (χ3n) is 0. The zero-order chi connectivity index (χ0) is 0. The van der Waals surface area contributed by atoms with Gasteiger partial charge in [-0.15, -0.1) is 0 Å². The molecule has 6 nitrogen and oxygen atoms in total. The minimum Gasteiger partial charge on any atom is -0.693 e. The summed E-state index contributed by atoms with van der Waals surface area (Å²) in [6.07, 6.45) is 0. The molecule has 0 spiro atoms. The molecule has 0 aromatic carbocycles.